The molecular weight excluding hydrogens is 284 g/mol. The molecule has 1 aromatic carbocycles. The lowest BCUT2D eigenvalue weighted by Crippen LogP contribution is -2.59. The van der Waals surface area contributed by atoms with Gasteiger partial charge in [0.1, 0.15) is 5.75 Å². The minimum absolute atomic E-state index is 0.418. The van der Waals surface area contributed by atoms with Crippen molar-refractivity contribution in [2.24, 2.45) is 5.92 Å². The molecule has 126 valence electrons. The van der Waals surface area contributed by atoms with Crippen LogP contribution in [0.2, 0.25) is 0 Å². The molecule has 1 N–H and O–H groups in total. The molecule has 1 heterocycles. The number of fused-ring (bicyclic) bond motifs is 1. The first-order valence-electron chi connectivity index (χ1n) is 9.35. The molecule has 0 spiro atoms. The number of rotatable bonds is 3. The van der Waals surface area contributed by atoms with Gasteiger partial charge in [-0.1, -0.05) is 12.8 Å². The average Bonchev–Trinajstić information content (AvgIpc) is 2.58. The van der Waals surface area contributed by atoms with Gasteiger partial charge in [0.15, 0.2) is 0 Å². The number of nitrogens with zero attached hydrogens (tertiary/aromatic N) is 1. The lowest BCUT2D eigenvalue weighted by molar-refractivity contribution is 0.00277. The van der Waals surface area contributed by atoms with Gasteiger partial charge in [-0.2, -0.15) is 0 Å². The summed E-state index contributed by atoms with van der Waals surface area (Å²) in [4.78, 5) is 2.63. The van der Waals surface area contributed by atoms with E-state index in [4.69, 9.17) is 4.74 Å². The summed E-state index contributed by atoms with van der Waals surface area (Å²) in [6, 6.07) is 5.50. The fraction of sp³-hybridized carbons (Fsp3) is 0.700. The summed E-state index contributed by atoms with van der Waals surface area (Å²) in [6.07, 6.45) is 8.12. The van der Waals surface area contributed by atoms with E-state index in [1.807, 2.05) is 0 Å². The van der Waals surface area contributed by atoms with Crippen molar-refractivity contribution in [3.63, 3.8) is 0 Å². The van der Waals surface area contributed by atoms with Crippen LogP contribution < -0.4 is 10.1 Å². The number of likely N-dealkylation sites (tertiary alicyclic amines) is 1. The van der Waals surface area contributed by atoms with Crippen LogP contribution in [0.4, 0.5) is 5.69 Å². The molecule has 1 aliphatic heterocycles. The molecule has 3 atom stereocenters. The minimum atomic E-state index is 0.418. The van der Waals surface area contributed by atoms with E-state index >= 15 is 0 Å². The van der Waals surface area contributed by atoms with Gasteiger partial charge in [-0.15, -0.1) is 0 Å². The molecule has 1 aromatic rings. The fourth-order valence-corrected chi connectivity index (χ4v) is 5.73. The molecule has 2 fully saturated rings. The van der Waals surface area contributed by atoms with E-state index in [0.717, 1.165) is 24.3 Å². The number of anilines is 1. The summed E-state index contributed by atoms with van der Waals surface area (Å²) in [5.74, 6) is 1.87. The third kappa shape index (κ3) is 2.20. The van der Waals surface area contributed by atoms with E-state index in [0.29, 0.717) is 5.41 Å². The first kappa shape index (κ1) is 15.3. The molecule has 1 saturated heterocycles. The van der Waals surface area contributed by atoms with E-state index < -0.39 is 0 Å². The van der Waals surface area contributed by atoms with E-state index in [1.165, 1.54) is 50.8 Å². The monoisotopic (exact) mass is 314 g/mol. The SMILES string of the molecule is CCNc1cc2c(cc1OC)[C@@]13CCCC[C@H]1[C@H](C2)N(C)CC3. The number of methoxy groups -OCH3 is 1. The molecule has 4 rings (SSSR count). The summed E-state index contributed by atoms with van der Waals surface area (Å²) in [5.41, 5.74) is 4.77. The Balaban J connectivity index is 1.86. The van der Waals surface area contributed by atoms with Crippen LogP contribution in [-0.4, -0.2) is 38.2 Å². The molecule has 0 unspecified atom stereocenters. The molecule has 1 saturated carbocycles. The smallest absolute Gasteiger partial charge is 0.142 e. The van der Waals surface area contributed by atoms with Crippen LogP contribution in [0.5, 0.6) is 5.75 Å². The maximum Gasteiger partial charge on any atom is 0.142 e. The van der Waals surface area contributed by atoms with Crippen molar-refractivity contribution < 1.29 is 4.74 Å². The van der Waals surface area contributed by atoms with Crippen molar-refractivity contribution in [3.8, 4) is 5.75 Å². The first-order valence-corrected chi connectivity index (χ1v) is 9.35. The van der Waals surface area contributed by atoms with Crippen molar-refractivity contribution in [2.45, 2.75) is 56.9 Å². The van der Waals surface area contributed by atoms with Gasteiger partial charge in [0.2, 0.25) is 0 Å². The number of hydrogen-bond acceptors (Lipinski definition) is 3. The van der Waals surface area contributed by atoms with Crippen LogP contribution in [0.15, 0.2) is 12.1 Å². The second-order valence-electron chi connectivity index (χ2n) is 7.75. The van der Waals surface area contributed by atoms with Gasteiger partial charge in [0, 0.05) is 18.0 Å². The molecule has 2 bridgehead atoms. The largest absolute Gasteiger partial charge is 0.495 e. The number of likely N-dealkylation sites (N-methyl/N-ethyl adjacent to an activating group) is 1. The highest BCUT2D eigenvalue weighted by atomic mass is 16.5. The molecule has 23 heavy (non-hydrogen) atoms. The lowest BCUT2D eigenvalue weighted by atomic mass is 9.52. The predicted molar refractivity (Wildman–Crippen MR) is 95.5 cm³/mol. The quantitative estimate of drug-likeness (QED) is 0.918. The molecule has 0 aromatic heterocycles. The highest BCUT2D eigenvalue weighted by Crippen LogP contribution is 2.56. The van der Waals surface area contributed by atoms with Gasteiger partial charge in [0.05, 0.1) is 12.8 Å². The van der Waals surface area contributed by atoms with Crippen LogP contribution in [0.25, 0.3) is 0 Å². The van der Waals surface area contributed by atoms with Crippen molar-refractivity contribution in [2.75, 3.05) is 32.6 Å². The fourth-order valence-electron chi connectivity index (χ4n) is 5.73. The number of nitrogens with one attached hydrogen (secondary N) is 1. The molecule has 3 nitrogen and oxygen atoms in total. The molecule has 0 radical (unpaired) electrons. The van der Waals surface area contributed by atoms with Gasteiger partial charge in [-0.05, 0) is 75.4 Å². The van der Waals surface area contributed by atoms with E-state index in [1.54, 1.807) is 18.2 Å². The van der Waals surface area contributed by atoms with Gasteiger partial charge in [-0.3, -0.25) is 0 Å². The van der Waals surface area contributed by atoms with Gasteiger partial charge < -0.3 is 15.0 Å². The summed E-state index contributed by atoms with van der Waals surface area (Å²) in [6.45, 7) is 4.33. The van der Waals surface area contributed by atoms with E-state index in [2.05, 4.69) is 36.3 Å². The van der Waals surface area contributed by atoms with Gasteiger partial charge in [0.25, 0.3) is 0 Å². The lowest BCUT2D eigenvalue weighted by Gasteiger charge is -2.58. The minimum Gasteiger partial charge on any atom is -0.495 e. The summed E-state index contributed by atoms with van der Waals surface area (Å²) < 4.78 is 5.73. The van der Waals surface area contributed by atoms with Gasteiger partial charge >= 0.3 is 0 Å². The van der Waals surface area contributed by atoms with Crippen molar-refractivity contribution in [3.05, 3.63) is 23.3 Å². The van der Waals surface area contributed by atoms with Crippen molar-refractivity contribution in [1.29, 1.82) is 0 Å². The Bertz CT molecular complexity index is 600. The zero-order valence-corrected chi connectivity index (χ0v) is 14.8. The topological polar surface area (TPSA) is 24.5 Å². The highest BCUT2D eigenvalue weighted by Gasteiger charge is 2.53. The Hall–Kier alpha value is -1.22. The zero-order chi connectivity index (χ0) is 16.0. The Morgan fingerprint density at radius 2 is 2.17 bits per heavy atom. The van der Waals surface area contributed by atoms with E-state index in [9.17, 15) is 0 Å². The maximum absolute atomic E-state index is 5.73. The molecule has 3 aliphatic rings. The molecular formula is C20H30N2O. The van der Waals surface area contributed by atoms with Crippen LogP contribution in [0, 0.1) is 5.92 Å². The first-order chi connectivity index (χ1) is 11.2. The van der Waals surface area contributed by atoms with Crippen LogP contribution in [0.1, 0.15) is 50.2 Å². The normalized spacial score (nSPS) is 32.8. The Morgan fingerprint density at radius 3 is 2.96 bits per heavy atom. The highest BCUT2D eigenvalue weighted by molar-refractivity contribution is 5.62. The second-order valence-corrected chi connectivity index (χ2v) is 7.75. The standard InChI is InChI=1S/C20H30N2O/c1-4-21-17-11-14-12-18-15-7-5-6-8-20(15,9-10-22(18)2)16(14)13-19(17)23-3/h11,13,15,18,21H,4-10,12H2,1-3H3/t15-,18-,20+/m0/s1. The maximum atomic E-state index is 5.73. The summed E-state index contributed by atoms with van der Waals surface area (Å²) in [5, 5.41) is 3.49. The Morgan fingerprint density at radius 1 is 1.30 bits per heavy atom. The van der Waals surface area contributed by atoms with E-state index in [-0.39, 0.29) is 0 Å². The average molecular weight is 314 g/mol. The molecule has 2 aliphatic carbocycles. The third-order valence-corrected chi connectivity index (χ3v) is 6.80. The number of benzene rings is 1. The number of piperidine rings is 1. The van der Waals surface area contributed by atoms with Gasteiger partial charge in [-0.25, -0.2) is 0 Å². The zero-order valence-electron chi connectivity index (χ0n) is 14.8. The van der Waals surface area contributed by atoms with Crippen LogP contribution in [0.3, 0.4) is 0 Å². The summed E-state index contributed by atoms with van der Waals surface area (Å²) in [7, 11) is 4.14. The second kappa shape index (κ2) is 5.70. The Labute approximate surface area is 140 Å². The molecule has 0 amide bonds. The summed E-state index contributed by atoms with van der Waals surface area (Å²) >= 11 is 0. The van der Waals surface area contributed by atoms with Crippen LogP contribution >= 0.6 is 0 Å². The number of hydrogen-bond donors (Lipinski definition) is 1. The van der Waals surface area contributed by atoms with Crippen molar-refractivity contribution in [1.82, 2.24) is 4.90 Å². The Kier molecular flexibility index (Phi) is 3.79. The van der Waals surface area contributed by atoms with Crippen LogP contribution in [-0.2, 0) is 11.8 Å². The number of ether oxygens (including phenoxy) is 1. The third-order valence-electron chi connectivity index (χ3n) is 6.80. The van der Waals surface area contributed by atoms with Crippen molar-refractivity contribution >= 4 is 5.69 Å². The molecule has 3 heteroatoms. The predicted octanol–water partition coefficient (Wildman–Crippen LogP) is 3.82.